The lowest BCUT2D eigenvalue weighted by atomic mass is 10.2. The molecule has 0 aliphatic heterocycles. The predicted octanol–water partition coefficient (Wildman–Crippen LogP) is 5.64. The smallest absolute Gasteiger partial charge is 0.124 e. The molecule has 2 aromatic carbocycles. The minimum absolute atomic E-state index is 0.683. The SMILES string of the molecule is CCOc1ccc(-c2nc(-c3ccccc3Br)cs2)cc1. The molecule has 2 nitrogen and oxygen atoms in total. The first kappa shape index (κ1) is 14.3. The first-order chi connectivity index (χ1) is 10.3. The molecule has 106 valence electrons. The summed E-state index contributed by atoms with van der Waals surface area (Å²) in [4.78, 5) is 4.73. The number of aromatic nitrogens is 1. The van der Waals surface area contributed by atoms with Crippen molar-refractivity contribution in [3.63, 3.8) is 0 Å². The van der Waals surface area contributed by atoms with Gasteiger partial charge < -0.3 is 4.74 Å². The Balaban J connectivity index is 1.89. The fraction of sp³-hybridized carbons (Fsp3) is 0.118. The Morgan fingerprint density at radius 2 is 1.86 bits per heavy atom. The Hall–Kier alpha value is -1.65. The van der Waals surface area contributed by atoms with Gasteiger partial charge in [0.05, 0.1) is 12.3 Å². The summed E-state index contributed by atoms with van der Waals surface area (Å²) >= 11 is 5.23. The second-order valence-electron chi connectivity index (χ2n) is 4.48. The molecule has 0 bridgehead atoms. The topological polar surface area (TPSA) is 22.1 Å². The molecule has 0 atom stereocenters. The zero-order chi connectivity index (χ0) is 14.7. The van der Waals surface area contributed by atoms with E-state index >= 15 is 0 Å². The average molecular weight is 360 g/mol. The van der Waals surface area contributed by atoms with Crippen LogP contribution in [0.4, 0.5) is 0 Å². The molecule has 0 amide bonds. The summed E-state index contributed by atoms with van der Waals surface area (Å²) in [7, 11) is 0. The fourth-order valence-electron chi connectivity index (χ4n) is 2.06. The highest BCUT2D eigenvalue weighted by Gasteiger charge is 2.09. The Morgan fingerprint density at radius 1 is 1.10 bits per heavy atom. The van der Waals surface area contributed by atoms with Gasteiger partial charge in [0.2, 0.25) is 0 Å². The van der Waals surface area contributed by atoms with E-state index in [0.29, 0.717) is 6.61 Å². The third-order valence-corrected chi connectivity index (χ3v) is 4.65. The van der Waals surface area contributed by atoms with Crippen molar-refractivity contribution >= 4 is 27.3 Å². The first-order valence-corrected chi connectivity index (χ1v) is 8.39. The molecule has 1 aromatic heterocycles. The number of benzene rings is 2. The van der Waals surface area contributed by atoms with Crippen LogP contribution in [-0.2, 0) is 0 Å². The Labute approximate surface area is 136 Å². The second kappa shape index (κ2) is 6.41. The van der Waals surface area contributed by atoms with Crippen LogP contribution < -0.4 is 4.74 Å². The first-order valence-electron chi connectivity index (χ1n) is 6.71. The van der Waals surface area contributed by atoms with Gasteiger partial charge >= 0.3 is 0 Å². The van der Waals surface area contributed by atoms with E-state index in [0.717, 1.165) is 32.1 Å². The number of ether oxygens (including phenoxy) is 1. The lowest BCUT2D eigenvalue weighted by Crippen LogP contribution is -1.90. The van der Waals surface area contributed by atoms with Crippen molar-refractivity contribution in [2.45, 2.75) is 6.92 Å². The van der Waals surface area contributed by atoms with Gasteiger partial charge in [-0.25, -0.2) is 4.98 Å². The molecule has 0 aliphatic rings. The third kappa shape index (κ3) is 3.17. The zero-order valence-corrected chi connectivity index (χ0v) is 13.9. The van der Waals surface area contributed by atoms with E-state index in [1.54, 1.807) is 11.3 Å². The highest BCUT2D eigenvalue weighted by atomic mass is 79.9. The number of thiazole rings is 1. The summed E-state index contributed by atoms with van der Waals surface area (Å²) in [6.45, 7) is 2.67. The van der Waals surface area contributed by atoms with Crippen molar-refractivity contribution in [1.82, 2.24) is 4.98 Å². The van der Waals surface area contributed by atoms with Crippen LogP contribution in [0.3, 0.4) is 0 Å². The van der Waals surface area contributed by atoms with Gasteiger partial charge in [0.15, 0.2) is 0 Å². The summed E-state index contributed by atoms with van der Waals surface area (Å²) < 4.78 is 6.53. The fourth-order valence-corrected chi connectivity index (χ4v) is 3.37. The Kier molecular flexibility index (Phi) is 4.36. The minimum atomic E-state index is 0.683. The van der Waals surface area contributed by atoms with E-state index in [9.17, 15) is 0 Å². The van der Waals surface area contributed by atoms with E-state index in [2.05, 4.69) is 27.4 Å². The molecule has 0 unspecified atom stereocenters. The highest BCUT2D eigenvalue weighted by molar-refractivity contribution is 9.10. The molecule has 3 rings (SSSR count). The van der Waals surface area contributed by atoms with Crippen LogP contribution in [-0.4, -0.2) is 11.6 Å². The van der Waals surface area contributed by atoms with E-state index in [4.69, 9.17) is 9.72 Å². The maximum atomic E-state index is 5.46. The van der Waals surface area contributed by atoms with Crippen molar-refractivity contribution in [1.29, 1.82) is 0 Å². The normalized spacial score (nSPS) is 10.6. The number of nitrogens with zero attached hydrogens (tertiary/aromatic N) is 1. The molecule has 0 saturated heterocycles. The summed E-state index contributed by atoms with van der Waals surface area (Å²) in [6.07, 6.45) is 0. The summed E-state index contributed by atoms with van der Waals surface area (Å²) in [5.41, 5.74) is 3.23. The van der Waals surface area contributed by atoms with Gasteiger partial charge in [0.1, 0.15) is 10.8 Å². The largest absolute Gasteiger partial charge is 0.494 e. The van der Waals surface area contributed by atoms with Crippen molar-refractivity contribution < 1.29 is 4.74 Å². The molecular weight excluding hydrogens is 346 g/mol. The van der Waals surface area contributed by atoms with E-state index < -0.39 is 0 Å². The Morgan fingerprint density at radius 3 is 2.57 bits per heavy atom. The van der Waals surface area contributed by atoms with Crippen LogP contribution in [0, 0.1) is 0 Å². The van der Waals surface area contributed by atoms with Crippen molar-refractivity contribution in [2.24, 2.45) is 0 Å². The van der Waals surface area contributed by atoms with Gasteiger partial charge in [0.25, 0.3) is 0 Å². The predicted molar refractivity (Wildman–Crippen MR) is 91.9 cm³/mol. The van der Waals surface area contributed by atoms with Crippen LogP contribution in [0.25, 0.3) is 21.8 Å². The van der Waals surface area contributed by atoms with Gasteiger partial charge in [-0.1, -0.05) is 34.1 Å². The van der Waals surface area contributed by atoms with Crippen molar-refractivity contribution in [3.8, 4) is 27.6 Å². The van der Waals surface area contributed by atoms with E-state index in [1.807, 2.05) is 49.4 Å². The zero-order valence-electron chi connectivity index (χ0n) is 11.5. The third-order valence-electron chi connectivity index (χ3n) is 3.07. The molecule has 0 saturated carbocycles. The molecule has 0 aliphatic carbocycles. The number of halogens is 1. The molecule has 0 radical (unpaired) electrons. The number of hydrogen-bond donors (Lipinski definition) is 0. The van der Waals surface area contributed by atoms with E-state index in [1.165, 1.54) is 0 Å². The molecule has 0 fully saturated rings. The number of hydrogen-bond acceptors (Lipinski definition) is 3. The van der Waals surface area contributed by atoms with Crippen LogP contribution in [0.15, 0.2) is 58.4 Å². The lowest BCUT2D eigenvalue weighted by molar-refractivity contribution is 0.340. The summed E-state index contributed by atoms with van der Waals surface area (Å²) in [6, 6.07) is 16.2. The quantitative estimate of drug-likeness (QED) is 0.601. The van der Waals surface area contributed by atoms with Gasteiger partial charge in [0, 0.05) is 21.0 Å². The van der Waals surface area contributed by atoms with Crippen molar-refractivity contribution in [2.75, 3.05) is 6.61 Å². The molecule has 0 N–H and O–H groups in total. The van der Waals surface area contributed by atoms with Gasteiger partial charge in [-0.2, -0.15) is 0 Å². The van der Waals surface area contributed by atoms with Crippen LogP contribution in [0.5, 0.6) is 5.75 Å². The van der Waals surface area contributed by atoms with Crippen LogP contribution >= 0.6 is 27.3 Å². The average Bonchev–Trinajstić information content (AvgIpc) is 2.98. The standard InChI is InChI=1S/C17H14BrNOS/c1-2-20-13-9-7-12(8-10-13)17-19-16(11-21-17)14-5-3-4-6-15(14)18/h3-11H,2H2,1H3. The maximum Gasteiger partial charge on any atom is 0.124 e. The monoisotopic (exact) mass is 359 g/mol. The maximum absolute atomic E-state index is 5.46. The van der Waals surface area contributed by atoms with Crippen molar-refractivity contribution in [3.05, 3.63) is 58.4 Å². The molecule has 21 heavy (non-hydrogen) atoms. The second-order valence-corrected chi connectivity index (χ2v) is 6.19. The Bertz CT molecular complexity index is 737. The summed E-state index contributed by atoms with van der Waals surface area (Å²) in [5, 5.41) is 3.11. The summed E-state index contributed by atoms with van der Waals surface area (Å²) in [5.74, 6) is 0.892. The molecule has 3 aromatic rings. The molecular formula is C17H14BrNOS. The van der Waals surface area contributed by atoms with Gasteiger partial charge in [-0.15, -0.1) is 11.3 Å². The lowest BCUT2D eigenvalue weighted by Gasteiger charge is -2.03. The van der Waals surface area contributed by atoms with Crippen LogP contribution in [0.1, 0.15) is 6.92 Å². The molecule has 0 spiro atoms. The minimum Gasteiger partial charge on any atom is -0.494 e. The molecule has 1 heterocycles. The van der Waals surface area contributed by atoms with E-state index in [-0.39, 0.29) is 0 Å². The number of rotatable bonds is 4. The van der Waals surface area contributed by atoms with Gasteiger partial charge in [-0.05, 0) is 37.3 Å². The van der Waals surface area contributed by atoms with Gasteiger partial charge in [-0.3, -0.25) is 0 Å². The highest BCUT2D eigenvalue weighted by Crippen LogP contribution is 2.33. The van der Waals surface area contributed by atoms with Crippen LogP contribution in [0.2, 0.25) is 0 Å². The molecule has 4 heteroatoms.